The fourth-order valence-corrected chi connectivity index (χ4v) is 1.65. The standard InChI is InChI=1S/C11H16ClNO/c1-7-6-9(4-5-13-3)11(14)10(12)8(7)2/h6,13-14H,4-5H2,1-3H3. The Labute approximate surface area is 89.9 Å². The zero-order chi connectivity index (χ0) is 10.7. The smallest absolute Gasteiger partial charge is 0.137 e. The van der Waals surface area contributed by atoms with E-state index in [0.717, 1.165) is 29.7 Å². The molecule has 0 amide bonds. The number of phenolic OH excluding ortho intramolecular Hbond substituents is 1. The largest absolute Gasteiger partial charge is 0.506 e. The van der Waals surface area contributed by atoms with E-state index in [1.807, 2.05) is 27.0 Å². The first kappa shape index (κ1) is 11.3. The lowest BCUT2D eigenvalue weighted by atomic mass is 10.0. The van der Waals surface area contributed by atoms with Crippen molar-refractivity contribution in [2.45, 2.75) is 20.3 Å². The molecule has 0 heterocycles. The molecule has 0 saturated carbocycles. The van der Waals surface area contributed by atoms with Crippen molar-refractivity contribution in [2.24, 2.45) is 0 Å². The number of likely N-dealkylation sites (N-methyl/N-ethyl adjacent to an activating group) is 1. The summed E-state index contributed by atoms with van der Waals surface area (Å²) in [5.74, 6) is 0.227. The molecular weight excluding hydrogens is 198 g/mol. The van der Waals surface area contributed by atoms with Gasteiger partial charge in [0, 0.05) is 0 Å². The minimum absolute atomic E-state index is 0.227. The predicted molar refractivity (Wildman–Crippen MR) is 60.2 cm³/mol. The van der Waals surface area contributed by atoms with E-state index in [9.17, 15) is 5.11 Å². The molecule has 0 bridgehead atoms. The highest BCUT2D eigenvalue weighted by Crippen LogP contribution is 2.32. The first-order valence-electron chi connectivity index (χ1n) is 4.70. The molecule has 1 rings (SSSR count). The average Bonchev–Trinajstić information content (AvgIpc) is 2.18. The second kappa shape index (κ2) is 4.67. The van der Waals surface area contributed by atoms with Crippen LogP contribution in [0.15, 0.2) is 6.07 Å². The SMILES string of the molecule is CNCCc1cc(C)c(C)c(Cl)c1O. The van der Waals surface area contributed by atoms with E-state index in [4.69, 9.17) is 11.6 Å². The van der Waals surface area contributed by atoms with Gasteiger partial charge in [-0.3, -0.25) is 0 Å². The Bertz CT molecular complexity index is 337. The minimum atomic E-state index is 0.227. The molecule has 0 aliphatic heterocycles. The van der Waals surface area contributed by atoms with Crippen LogP contribution in [-0.4, -0.2) is 18.7 Å². The monoisotopic (exact) mass is 213 g/mol. The fraction of sp³-hybridized carbons (Fsp3) is 0.455. The summed E-state index contributed by atoms with van der Waals surface area (Å²) in [5.41, 5.74) is 2.99. The van der Waals surface area contributed by atoms with E-state index in [1.165, 1.54) is 0 Å². The van der Waals surface area contributed by atoms with Gasteiger partial charge in [0.15, 0.2) is 0 Å². The van der Waals surface area contributed by atoms with Gasteiger partial charge < -0.3 is 10.4 Å². The Morgan fingerprint density at radius 1 is 1.43 bits per heavy atom. The number of nitrogens with one attached hydrogen (secondary N) is 1. The molecule has 3 heteroatoms. The first-order valence-corrected chi connectivity index (χ1v) is 5.08. The van der Waals surface area contributed by atoms with Crippen LogP contribution in [0.2, 0.25) is 5.02 Å². The fourth-order valence-electron chi connectivity index (χ4n) is 1.38. The highest BCUT2D eigenvalue weighted by molar-refractivity contribution is 6.33. The summed E-state index contributed by atoms with van der Waals surface area (Å²) < 4.78 is 0. The molecule has 1 aromatic carbocycles. The number of halogens is 1. The summed E-state index contributed by atoms with van der Waals surface area (Å²) >= 11 is 6.00. The van der Waals surface area contributed by atoms with Crippen LogP contribution < -0.4 is 5.32 Å². The second-order valence-corrected chi connectivity index (χ2v) is 3.87. The summed E-state index contributed by atoms with van der Waals surface area (Å²) in [6.45, 7) is 4.76. The van der Waals surface area contributed by atoms with Gasteiger partial charge in [0.1, 0.15) is 5.75 Å². The summed E-state index contributed by atoms with van der Waals surface area (Å²) in [4.78, 5) is 0. The van der Waals surface area contributed by atoms with Gasteiger partial charge in [-0.25, -0.2) is 0 Å². The number of hydrogen-bond acceptors (Lipinski definition) is 2. The molecular formula is C11H16ClNO. The predicted octanol–water partition coefficient (Wildman–Crippen LogP) is 2.42. The molecule has 0 atom stereocenters. The van der Waals surface area contributed by atoms with Crippen molar-refractivity contribution in [3.05, 3.63) is 27.8 Å². The molecule has 1 aromatic rings. The van der Waals surface area contributed by atoms with Gasteiger partial charge in [0.2, 0.25) is 0 Å². The summed E-state index contributed by atoms with van der Waals surface area (Å²) in [7, 11) is 1.89. The summed E-state index contributed by atoms with van der Waals surface area (Å²) in [6, 6.07) is 1.99. The number of aryl methyl sites for hydroxylation is 1. The van der Waals surface area contributed by atoms with Crippen LogP contribution in [0.4, 0.5) is 0 Å². The van der Waals surface area contributed by atoms with Crippen molar-refractivity contribution >= 4 is 11.6 Å². The summed E-state index contributed by atoms with van der Waals surface area (Å²) in [5, 5.41) is 13.3. The molecule has 0 unspecified atom stereocenters. The highest BCUT2D eigenvalue weighted by Gasteiger charge is 2.10. The van der Waals surface area contributed by atoms with E-state index in [1.54, 1.807) is 0 Å². The Balaban J connectivity index is 3.06. The topological polar surface area (TPSA) is 32.3 Å². The molecule has 2 N–H and O–H groups in total. The average molecular weight is 214 g/mol. The number of hydrogen-bond donors (Lipinski definition) is 2. The van der Waals surface area contributed by atoms with Gasteiger partial charge in [-0.05, 0) is 50.6 Å². The third kappa shape index (κ3) is 2.20. The van der Waals surface area contributed by atoms with Gasteiger partial charge in [-0.2, -0.15) is 0 Å². The van der Waals surface area contributed by atoms with Crippen molar-refractivity contribution in [3.63, 3.8) is 0 Å². The van der Waals surface area contributed by atoms with E-state index < -0.39 is 0 Å². The van der Waals surface area contributed by atoms with Crippen LogP contribution in [0.25, 0.3) is 0 Å². The van der Waals surface area contributed by atoms with Gasteiger partial charge in [-0.1, -0.05) is 17.7 Å². The number of aromatic hydroxyl groups is 1. The number of benzene rings is 1. The van der Waals surface area contributed by atoms with Crippen molar-refractivity contribution < 1.29 is 5.11 Å². The lowest BCUT2D eigenvalue weighted by Gasteiger charge is -2.10. The van der Waals surface area contributed by atoms with Crippen molar-refractivity contribution in [1.82, 2.24) is 5.32 Å². The highest BCUT2D eigenvalue weighted by atomic mass is 35.5. The molecule has 0 spiro atoms. The Kier molecular flexibility index (Phi) is 3.78. The maximum atomic E-state index is 9.77. The molecule has 0 aliphatic carbocycles. The molecule has 0 saturated heterocycles. The zero-order valence-electron chi connectivity index (χ0n) is 8.82. The van der Waals surface area contributed by atoms with E-state index in [0.29, 0.717) is 5.02 Å². The van der Waals surface area contributed by atoms with Crippen molar-refractivity contribution in [2.75, 3.05) is 13.6 Å². The third-order valence-corrected chi connectivity index (χ3v) is 2.93. The van der Waals surface area contributed by atoms with Gasteiger partial charge in [0.05, 0.1) is 5.02 Å². The minimum Gasteiger partial charge on any atom is -0.506 e. The summed E-state index contributed by atoms with van der Waals surface area (Å²) in [6.07, 6.45) is 0.795. The normalized spacial score (nSPS) is 10.6. The first-order chi connectivity index (χ1) is 6.57. The zero-order valence-corrected chi connectivity index (χ0v) is 9.57. The molecule has 0 radical (unpaired) electrons. The van der Waals surface area contributed by atoms with Crippen LogP contribution in [0, 0.1) is 13.8 Å². The van der Waals surface area contributed by atoms with Crippen LogP contribution in [0.5, 0.6) is 5.75 Å². The molecule has 14 heavy (non-hydrogen) atoms. The molecule has 0 aliphatic rings. The van der Waals surface area contributed by atoms with Gasteiger partial charge in [0.25, 0.3) is 0 Å². The lowest BCUT2D eigenvalue weighted by molar-refractivity contribution is 0.467. The van der Waals surface area contributed by atoms with E-state index in [-0.39, 0.29) is 5.75 Å². The van der Waals surface area contributed by atoms with Crippen LogP contribution >= 0.6 is 11.6 Å². The van der Waals surface area contributed by atoms with Crippen LogP contribution in [0.3, 0.4) is 0 Å². The lowest BCUT2D eigenvalue weighted by Crippen LogP contribution is -2.10. The second-order valence-electron chi connectivity index (χ2n) is 3.49. The van der Waals surface area contributed by atoms with Crippen LogP contribution in [0.1, 0.15) is 16.7 Å². The maximum Gasteiger partial charge on any atom is 0.137 e. The van der Waals surface area contributed by atoms with E-state index >= 15 is 0 Å². The Morgan fingerprint density at radius 2 is 2.07 bits per heavy atom. The quantitative estimate of drug-likeness (QED) is 0.809. The molecule has 0 aromatic heterocycles. The molecule has 0 fully saturated rings. The molecule has 78 valence electrons. The Morgan fingerprint density at radius 3 is 2.64 bits per heavy atom. The van der Waals surface area contributed by atoms with E-state index in [2.05, 4.69) is 5.32 Å². The number of phenols is 1. The van der Waals surface area contributed by atoms with Crippen molar-refractivity contribution in [1.29, 1.82) is 0 Å². The number of rotatable bonds is 3. The van der Waals surface area contributed by atoms with Gasteiger partial charge in [-0.15, -0.1) is 0 Å². The van der Waals surface area contributed by atoms with Gasteiger partial charge >= 0.3 is 0 Å². The van der Waals surface area contributed by atoms with Crippen molar-refractivity contribution in [3.8, 4) is 5.75 Å². The molecule has 2 nitrogen and oxygen atoms in total. The van der Waals surface area contributed by atoms with Crippen LogP contribution in [-0.2, 0) is 6.42 Å². The maximum absolute atomic E-state index is 9.77. The third-order valence-electron chi connectivity index (χ3n) is 2.47. The Hall–Kier alpha value is -0.730.